The fourth-order valence-electron chi connectivity index (χ4n) is 1.69. The van der Waals surface area contributed by atoms with Gasteiger partial charge in [0.05, 0.1) is 5.52 Å². The summed E-state index contributed by atoms with van der Waals surface area (Å²) in [5, 5.41) is 0.739. The number of rotatable bonds is 1. The topological polar surface area (TPSA) is 38.7 Å². The lowest BCUT2D eigenvalue weighted by Crippen LogP contribution is -1.92. The zero-order chi connectivity index (χ0) is 12.5. The highest BCUT2D eigenvalue weighted by molar-refractivity contribution is 6.34. The second-order valence-corrected chi connectivity index (χ2v) is 4.10. The summed E-state index contributed by atoms with van der Waals surface area (Å²) < 4.78 is 13.1. The Balaban J connectivity index is 2.25. The van der Waals surface area contributed by atoms with Crippen LogP contribution < -0.4 is 0 Å². The van der Waals surface area contributed by atoms with E-state index < -0.39 is 0 Å². The summed E-state index contributed by atoms with van der Waals surface area (Å²) in [5.74, 6) is 0.120. The van der Waals surface area contributed by atoms with Crippen LogP contribution in [-0.2, 0) is 0 Å². The normalized spacial score (nSPS) is 10.8. The lowest BCUT2D eigenvalue weighted by molar-refractivity contribution is 0.629. The van der Waals surface area contributed by atoms with Crippen molar-refractivity contribution in [2.75, 3.05) is 0 Å². The molecule has 0 aliphatic rings. The Morgan fingerprint density at radius 2 is 2.00 bits per heavy atom. The maximum Gasteiger partial charge on any atom is 0.163 e. The molecule has 3 aromatic rings. The molecule has 2 heterocycles. The van der Waals surface area contributed by atoms with Crippen LogP contribution in [0.1, 0.15) is 0 Å². The fourth-order valence-corrected chi connectivity index (χ4v) is 1.92. The maximum absolute atomic E-state index is 13.1. The summed E-state index contributed by atoms with van der Waals surface area (Å²) in [6, 6.07) is 7.89. The van der Waals surface area contributed by atoms with Crippen LogP contribution in [0.3, 0.4) is 0 Å². The Bertz CT molecular complexity index is 716. The lowest BCUT2D eigenvalue weighted by Gasteiger charge is -2.04. The largest absolute Gasteiger partial charge is 0.264 e. The molecular weight excluding hydrogens is 253 g/mol. The van der Waals surface area contributed by atoms with Gasteiger partial charge in [-0.15, -0.1) is 0 Å². The molecule has 0 aliphatic heterocycles. The molecule has 0 amide bonds. The van der Waals surface area contributed by atoms with Crippen molar-refractivity contribution in [3.8, 4) is 11.4 Å². The number of halogens is 2. The molecule has 3 nitrogen and oxygen atoms in total. The molecule has 18 heavy (non-hydrogen) atoms. The van der Waals surface area contributed by atoms with E-state index in [1.807, 2.05) is 6.07 Å². The first-order valence-corrected chi connectivity index (χ1v) is 5.65. The molecule has 0 atom stereocenters. The van der Waals surface area contributed by atoms with Crippen LogP contribution in [-0.4, -0.2) is 15.0 Å². The van der Waals surface area contributed by atoms with Crippen LogP contribution in [0.2, 0.25) is 5.15 Å². The molecule has 0 fully saturated rings. The third kappa shape index (κ3) is 1.91. The van der Waals surface area contributed by atoms with Crippen molar-refractivity contribution in [1.82, 2.24) is 15.0 Å². The van der Waals surface area contributed by atoms with E-state index in [0.717, 1.165) is 5.56 Å². The Morgan fingerprint density at radius 1 is 1.11 bits per heavy atom. The average Bonchev–Trinajstić information content (AvgIpc) is 2.40. The summed E-state index contributed by atoms with van der Waals surface area (Å²) >= 11 is 6.05. The van der Waals surface area contributed by atoms with Crippen molar-refractivity contribution in [2.45, 2.75) is 0 Å². The molecular formula is C13H7ClFN3. The second kappa shape index (κ2) is 4.31. The molecule has 0 N–H and O–H groups in total. The summed E-state index contributed by atoms with van der Waals surface area (Å²) in [7, 11) is 0. The number of fused-ring (bicyclic) bond motifs is 1. The molecule has 3 rings (SSSR count). The van der Waals surface area contributed by atoms with Gasteiger partial charge >= 0.3 is 0 Å². The van der Waals surface area contributed by atoms with Gasteiger partial charge in [0, 0.05) is 23.3 Å². The standard InChI is InChI=1S/C13H7ClFN3/c14-12-10-6-9(15)3-4-11(10)17-13(18-12)8-2-1-5-16-7-8/h1-7H. The highest BCUT2D eigenvalue weighted by atomic mass is 35.5. The number of hydrogen-bond donors (Lipinski definition) is 0. The highest BCUT2D eigenvalue weighted by Crippen LogP contribution is 2.24. The minimum atomic E-state index is -0.359. The molecule has 0 saturated carbocycles. The van der Waals surface area contributed by atoms with Gasteiger partial charge in [0.15, 0.2) is 5.82 Å². The molecule has 1 aromatic carbocycles. The Morgan fingerprint density at radius 3 is 2.78 bits per heavy atom. The van der Waals surface area contributed by atoms with E-state index in [0.29, 0.717) is 16.7 Å². The van der Waals surface area contributed by atoms with Crippen LogP contribution in [0.25, 0.3) is 22.3 Å². The third-order valence-corrected chi connectivity index (χ3v) is 2.82. The second-order valence-electron chi connectivity index (χ2n) is 3.74. The minimum Gasteiger partial charge on any atom is -0.264 e. The molecule has 0 spiro atoms. The van der Waals surface area contributed by atoms with E-state index in [4.69, 9.17) is 11.6 Å². The van der Waals surface area contributed by atoms with Gasteiger partial charge in [-0.25, -0.2) is 14.4 Å². The van der Waals surface area contributed by atoms with Gasteiger partial charge in [0.2, 0.25) is 0 Å². The third-order valence-electron chi connectivity index (χ3n) is 2.53. The van der Waals surface area contributed by atoms with Crippen molar-refractivity contribution in [1.29, 1.82) is 0 Å². The van der Waals surface area contributed by atoms with Gasteiger partial charge in [0.25, 0.3) is 0 Å². The first-order valence-electron chi connectivity index (χ1n) is 5.27. The number of aromatic nitrogens is 3. The first-order chi connectivity index (χ1) is 8.74. The van der Waals surface area contributed by atoms with Crippen molar-refractivity contribution in [3.63, 3.8) is 0 Å². The van der Waals surface area contributed by atoms with Crippen molar-refractivity contribution < 1.29 is 4.39 Å². The van der Waals surface area contributed by atoms with Crippen LogP contribution >= 0.6 is 11.6 Å². The lowest BCUT2D eigenvalue weighted by atomic mass is 10.2. The molecule has 2 aromatic heterocycles. The average molecular weight is 260 g/mol. The first kappa shape index (κ1) is 11.0. The van der Waals surface area contributed by atoms with Gasteiger partial charge in [-0.3, -0.25) is 4.98 Å². The van der Waals surface area contributed by atoms with Crippen LogP contribution in [0.15, 0.2) is 42.7 Å². The fraction of sp³-hybridized carbons (Fsp3) is 0. The zero-order valence-electron chi connectivity index (χ0n) is 9.14. The molecule has 0 saturated heterocycles. The van der Waals surface area contributed by atoms with E-state index in [2.05, 4.69) is 15.0 Å². The van der Waals surface area contributed by atoms with E-state index in [1.165, 1.54) is 12.1 Å². The quantitative estimate of drug-likeness (QED) is 0.628. The summed E-state index contributed by atoms with van der Waals surface area (Å²) in [6.07, 6.45) is 3.32. The summed E-state index contributed by atoms with van der Waals surface area (Å²) in [4.78, 5) is 12.5. The molecule has 0 radical (unpaired) electrons. The van der Waals surface area contributed by atoms with E-state index in [1.54, 1.807) is 24.5 Å². The number of hydrogen-bond acceptors (Lipinski definition) is 3. The van der Waals surface area contributed by atoms with Gasteiger partial charge in [-0.2, -0.15) is 0 Å². The van der Waals surface area contributed by atoms with Gasteiger partial charge in [-0.05, 0) is 30.3 Å². The smallest absolute Gasteiger partial charge is 0.163 e. The monoisotopic (exact) mass is 259 g/mol. The number of benzene rings is 1. The van der Waals surface area contributed by atoms with Gasteiger partial charge in [0.1, 0.15) is 11.0 Å². The molecule has 0 unspecified atom stereocenters. The van der Waals surface area contributed by atoms with E-state index in [-0.39, 0.29) is 11.0 Å². The SMILES string of the molecule is Fc1ccc2nc(-c3cccnc3)nc(Cl)c2c1. The molecule has 5 heteroatoms. The number of nitrogens with zero attached hydrogens (tertiary/aromatic N) is 3. The Labute approximate surface area is 107 Å². The predicted octanol–water partition coefficient (Wildman–Crippen LogP) is 3.48. The maximum atomic E-state index is 13.1. The van der Waals surface area contributed by atoms with E-state index in [9.17, 15) is 4.39 Å². The molecule has 0 aliphatic carbocycles. The van der Waals surface area contributed by atoms with Crippen molar-refractivity contribution in [3.05, 3.63) is 53.7 Å². The Kier molecular flexibility index (Phi) is 2.64. The summed E-state index contributed by atoms with van der Waals surface area (Å²) in [6.45, 7) is 0. The van der Waals surface area contributed by atoms with Gasteiger partial charge < -0.3 is 0 Å². The van der Waals surface area contributed by atoms with Crippen LogP contribution in [0.4, 0.5) is 4.39 Å². The van der Waals surface area contributed by atoms with Crippen LogP contribution in [0.5, 0.6) is 0 Å². The van der Waals surface area contributed by atoms with Crippen molar-refractivity contribution in [2.24, 2.45) is 0 Å². The van der Waals surface area contributed by atoms with E-state index >= 15 is 0 Å². The minimum absolute atomic E-state index is 0.235. The number of pyridine rings is 1. The van der Waals surface area contributed by atoms with Crippen molar-refractivity contribution >= 4 is 22.5 Å². The molecule has 88 valence electrons. The van der Waals surface area contributed by atoms with Crippen LogP contribution in [0, 0.1) is 5.82 Å². The predicted molar refractivity (Wildman–Crippen MR) is 67.7 cm³/mol. The summed E-state index contributed by atoms with van der Waals surface area (Å²) in [5.41, 5.74) is 1.38. The molecule has 0 bridgehead atoms. The van der Waals surface area contributed by atoms with Gasteiger partial charge in [-0.1, -0.05) is 11.6 Å². The Hall–Kier alpha value is -2.07. The zero-order valence-corrected chi connectivity index (χ0v) is 9.89. The highest BCUT2D eigenvalue weighted by Gasteiger charge is 2.08.